The molecular formula is C13H20N2O4S. The van der Waals surface area contributed by atoms with Gasteiger partial charge in [-0.05, 0) is 39.5 Å². The lowest BCUT2D eigenvalue weighted by molar-refractivity contribution is 0.0349. The zero-order valence-electron chi connectivity index (χ0n) is 12.0. The number of fused-ring (bicyclic) bond motifs is 2. The van der Waals surface area contributed by atoms with Crippen molar-refractivity contribution in [2.45, 2.75) is 62.6 Å². The van der Waals surface area contributed by atoms with E-state index in [9.17, 15) is 8.42 Å². The van der Waals surface area contributed by atoms with Crippen molar-refractivity contribution in [3.63, 3.8) is 0 Å². The van der Waals surface area contributed by atoms with Crippen molar-refractivity contribution < 1.29 is 17.7 Å². The highest BCUT2D eigenvalue weighted by atomic mass is 32.2. The molecule has 20 heavy (non-hydrogen) atoms. The average molecular weight is 300 g/mol. The van der Waals surface area contributed by atoms with Gasteiger partial charge in [-0.15, -0.1) is 0 Å². The molecule has 3 heterocycles. The minimum Gasteiger partial charge on any atom is -0.381 e. The fraction of sp³-hybridized carbons (Fsp3) is 0.769. The van der Waals surface area contributed by atoms with Gasteiger partial charge in [0.15, 0.2) is 5.76 Å². The molecular weight excluding hydrogens is 280 g/mol. The molecule has 0 aliphatic carbocycles. The van der Waals surface area contributed by atoms with Crippen LogP contribution in [0.2, 0.25) is 0 Å². The summed E-state index contributed by atoms with van der Waals surface area (Å²) in [4.78, 5) is 0.241. The summed E-state index contributed by atoms with van der Waals surface area (Å²) in [5, 5.41) is 3.77. The number of nitrogens with zero attached hydrogens (tertiary/aromatic N) is 2. The molecule has 2 atom stereocenters. The summed E-state index contributed by atoms with van der Waals surface area (Å²) in [6.45, 7) is 3.32. The molecule has 112 valence electrons. The van der Waals surface area contributed by atoms with E-state index in [0.717, 1.165) is 25.7 Å². The molecule has 0 aromatic carbocycles. The van der Waals surface area contributed by atoms with Crippen LogP contribution in [0, 0.1) is 13.8 Å². The standard InChI is InChI=1S/C13H20N2O4S/c1-8-13(9(2)19-14-8)20(16,17)15-10-4-5-11(15)7-12(6-10)18-3/h10-12H,4-7H2,1-3H3. The lowest BCUT2D eigenvalue weighted by atomic mass is 10.0. The summed E-state index contributed by atoms with van der Waals surface area (Å²) in [5.74, 6) is 0.371. The molecule has 0 saturated carbocycles. The molecule has 2 bridgehead atoms. The number of aryl methyl sites for hydroxylation is 2. The van der Waals surface area contributed by atoms with Crippen LogP contribution in [0.3, 0.4) is 0 Å². The van der Waals surface area contributed by atoms with Gasteiger partial charge in [-0.2, -0.15) is 4.31 Å². The molecule has 1 aromatic rings. The van der Waals surface area contributed by atoms with Gasteiger partial charge in [-0.1, -0.05) is 5.16 Å². The van der Waals surface area contributed by atoms with Gasteiger partial charge in [0.1, 0.15) is 10.6 Å². The molecule has 0 amide bonds. The number of hydrogen-bond donors (Lipinski definition) is 0. The van der Waals surface area contributed by atoms with Gasteiger partial charge in [0.2, 0.25) is 10.0 Å². The van der Waals surface area contributed by atoms with E-state index >= 15 is 0 Å². The van der Waals surface area contributed by atoms with Crippen molar-refractivity contribution in [2.75, 3.05) is 7.11 Å². The van der Waals surface area contributed by atoms with Crippen molar-refractivity contribution in [3.05, 3.63) is 11.5 Å². The maximum Gasteiger partial charge on any atom is 0.248 e. The van der Waals surface area contributed by atoms with Crippen molar-refractivity contribution >= 4 is 10.0 Å². The van der Waals surface area contributed by atoms with E-state index in [2.05, 4.69) is 5.16 Å². The van der Waals surface area contributed by atoms with Crippen LogP contribution in [0.15, 0.2) is 9.42 Å². The smallest absolute Gasteiger partial charge is 0.248 e. The van der Waals surface area contributed by atoms with E-state index in [0.29, 0.717) is 11.5 Å². The van der Waals surface area contributed by atoms with Crippen LogP contribution in [0.25, 0.3) is 0 Å². The molecule has 1 aromatic heterocycles. The number of aromatic nitrogens is 1. The average Bonchev–Trinajstić information content (AvgIpc) is 2.88. The summed E-state index contributed by atoms with van der Waals surface area (Å²) in [6.07, 6.45) is 3.54. The largest absolute Gasteiger partial charge is 0.381 e. The predicted molar refractivity (Wildman–Crippen MR) is 71.8 cm³/mol. The molecule has 2 aliphatic heterocycles. The molecule has 2 fully saturated rings. The van der Waals surface area contributed by atoms with Gasteiger partial charge in [-0.25, -0.2) is 8.42 Å². The predicted octanol–water partition coefficient (Wildman–Crippen LogP) is 1.62. The summed E-state index contributed by atoms with van der Waals surface area (Å²) in [7, 11) is -1.83. The van der Waals surface area contributed by atoms with Gasteiger partial charge in [-0.3, -0.25) is 0 Å². The van der Waals surface area contributed by atoms with E-state index in [1.165, 1.54) is 0 Å². The Balaban J connectivity index is 1.98. The molecule has 0 N–H and O–H groups in total. The number of ether oxygens (including phenoxy) is 1. The van der Waals surface area contributed by atoms with Gasteiger partial charge < -0.3 is 9.26 Å². The summed E-state index contributed by atoms with van der Waals surface area (Å²) in [5.41, 5.74) is 0.441. The van der Waals surface area contributed by atoms with Crippen LogP contribution in [-0.2, 0) is 14.8 Å². The Labute approximate surface area is 119 Å². The van der Waals surface area contributed by atoms with Gasteiger partial charge in [0.05, 0.1) is 6.10 Å². The zero-order chi connectivity index (χ0) is 14.5. The van der Waals surface area contributed by atoms with Crippen LogP contribution < -0.4 is 0 Å². The minimum atomic E-state index is -3.53. The molecule has 6 nitrogen and oxygen atoms in total. The molecule has 2 saturated heterocycles. The van der Waals surface area contributed by atoms with Crippen molar-refractivity contribution in [2.24, 2.45) is 0 Å². The highest BCUT2D eigenvalue weighted by Gasteiger charge is 2.48. The topological polar surface area (TPSA) is 72.6 Å². The van der Waals surface area contributed by atoms with E-state index in [1.54, 1.807) is 25.3 Å². The number of piperidine rings is 1. The summed E-state index contributed by atoms with van der Waals surface area (Å²) < 4.78 is 38.0. The fourth-order valence-corrected chi connectivity index (χ4v) is 5.81. The van der Waals surface area contributed by atoms with Crippen LogP contribution in [0.4, 0.5) is 0 Å². The molecule has 0 radical (unpaired) electrons. The van der Waals surface area contributed by atoms with E-state index in [-0.39, 0.29) is 23.1 Å². The molecule has 3 rings (SSSR count). The fourth-order valence-electron chi connectivity index (χ4n) is 3.62. The Kier molecular flexibility index (Phi) is 3.38. The number of rotatable bonds is 3. The Morgan fingerprint density at radius 2 is 1.85 bits per heavy atom. The van der Waals surface area contributed by atoms with Crippen molar-refractivity contribution in [1.82, 2.24) is 9.46 Å². The molecule has 7 heteroatoms. The van der Waals surface area contributed by atoms with E-state index < -0.39 is 10.0 Å². The van der Waals surface area contributed by atoms with Crippen LogP contribution >= 0.6 is 0 Å². The highest BCUT2D eigenvalue weighted by Crippen LogP contribution is 2.41. The van der Waals surface area contributed by atoms with Crippen LogP contribution in [0.5, 0.6) is 0 Å². The number of sulfonamides is 1. The zero-order valence-corrected chi connectivity index (χ0v) is 12.8. The van der Waals surface area contributed by atoms with Crippen molar-refractivity contribution in [1.29, 1.82) is 0 Å². The van der Waals surface area contributed by atoms with Gasteiger partial charge in [0, 0.05) is 19.2 Å². The third-order valence-corrected chi connectivity index (χ3v) is 6.71. The lowest BCUT2D eigenvalue weighted by Crippen LogP contribution is -2.48. The first kappa shape index (κ1) is 14.0. The third kappa shape index (κ3) is 1.99. The lowest BCUT2D eigenvalue weighted by Gasteiger charge is -2.37. The first-order valence-corrected chi connectivity index (χ1v) is 8.38. The maximum absolute atomic E-state index is 12.9. The van der Waals surface area contributed by atoms with Crippen LogP contribution in [-0.4, -0.2) is 43.2 Å². The summed E-state index contributed by atoms with van der Waals surface area (Å²) in [6, 6.07) is 0.0785. The second-order valence-electron chi connectivity index (χ2n) is 5.70. The SMILES string of the molecule is COC1CC2CCC(C1)N2S(=O)(=O)c1c(C)noc1C. The van der Waals surface area contributed by atoms with Crippen LogP contribution in [0.1, 0.15) is 37.1 Å². The van der Waals surface area contributed by atoms with Crippen molar-refractivity contribution in [3.8, 4) is 0 Å². The second kappa shape index (κ2) is 4.82. The second-order valence-corrected chi connectivity index (χ2v) is 7.48. The first-order chi connectivity index (χ1) is 9.45. The molecule has 2 aliphatic rings. The Hall–Kier alpha value is -0.920. The Bertz CT molecular complexity index is 576. The minimum absolute atomic E-state index is 0.0393. The number of hydrogen-bond acceptors (Lipinski definition) is 5. The third-order valence-electron chi connectivity index (χ3n) is 4.46. The van der Waals surface area contributed by atoms with Gasteiger partial charge in [0.25, 0.3) is 0 Å². The number of methoxy groups -OCH3 is 1. The molecule has 0 spiro atoms. The normalized spacial score (nSPS) is 30.9. The van der Waals surface area contributed by atoms with E-state index in [4.69, 9.17) is 9.26 Å². The maximum atomic E-state index is 12.9. The quantitative estimate of drug-likeness (QED) is 0.848. The first-order valence-electron chi connectivity index (χ1n) is 6.94. The monoisotopic (exact) mass is 300 g/mol. The molecule has 2 unspecified atom stereocenters. The van der Waals surface area contributed by atoms with Gasteiger partial charge >= 0.3 is 0 Å². The summed E-state index contributed by atoms with van der Waals surface area (Å²) >= 11 is 0. The van der Waals surface area contributed by atoms with E-state index in [1.807, 2.05) is 0 Å². The Morgan fingerprint density at radius 1 is 1.25 bits per heavy atom. The Morgan fingerprint density at radius 3 is 2.30 bits per heavy atom. The highest BCUT2D eigenvalue weighted by molar-refractivity contribution is 7.89.